The molecule has 1 aromatic heterocycles. The van der Waals surface area contributed by atoms with Crippen LogP contribution in [0.1, 0.15) is 74.1 Å². The van der Waals surface area contributed by atoms with Crippen molar-refractivity contribution < 1.29 is 18.7 Å². The zero-order valence-corrected chi connectivity index (χ0v) is 28.7. The molecule has 5 rings (SSSR count). The van der Waals surface area contributed by atoms with Crippen LogP contribution in [0.3, 0.4) is 0 Å². The molecule has 0 radical (unpaired) electrons. The van der Waals surface area contributed by atoms with Gasteiger partial charge in [0.05, 0.1) is 15.9 Å². The SMILES string of the molecule is C=C.CC.CC.CC(C)(C)OC(=O)N1CCN(c2nc(OCC34CCCN3CCC4)nc3c(F)c(Cl)cc(Br)c23)CC1. The molecule has 42 heavy (non-hydrogen) atoms. The van der Waals surface area contributed by atoms with E-state index >= 15 is 4.39 Å². The Morgan fingerprint density at radius 1 is 1.05 bits per heavy atom. The van der Waals surface area contributed by atoms with Gasteiger partial charge < -0.3 is 19.3 Å². The number of hydrogen-bond donors (Lipinski definition) is 0. The predicted molar refractivity (Wildman–Crippen MR) is 174 cm³/mol. The molecule has 1 amide bonds. The number of halogens is 3. The summed E-state index contributed by atoms with van der Waals surface area (Å²) in [5.74, 6) is -0.0363. The Kier molecular flexibility index (Phi) is 13.8. The van der Waals surface area contributed by atoms with Gasteiger partial charge in [0.2, 0.25) is 0 Å². The van der Waals surface area contributed by atoms with Gasteiger partial charge in [-0.05, 0) is 81.5 Å². The van der Waals surface area contributed by atoms with Crippen molar-refractivity contribution in [3.63, 3.8) is 0 Å². The van der Waals surface area contributed by atoms with Gasteiger partial charge in [0.15, 0.2) is 5.82 Å². The summed E-state index contributed by atoms with van der Waals surface area (Å²) in [5, 5.41) is 0.521. The van der Waals surface area contributed by atoms with Crippen molar-refractivity contribution in [2.45, 2.75) is 85.3 Å². The highest BCUT2D eigenvalue weighted by Gasteiger charge is 2.45. The normalized spacial score (nSPS) is 17.7. The van der Waals surface area contributed by atoms with E-state index in [1.54, 1.807) is 4.90 Å². The summed E-state index contributed by atoms with van der Waals surface area (Å²) in [7, 11) is 0. The number of nitrogens with zero attached hydrogens (tertiary/aromatic N) is 5. The number of carbonyl (C=O) groups excluding carboxylic acids is 1. The van der Waals surface area contributed by atoms with Crippen LogP contribution in [0.25, 0.3) is 10.9 Å². The first-order valence-electron chi connectivity index (χ1n) is 15.0. The first-order chi connectivity index (χ1) is 20.1. The van der Waals surface area contributed by atoms with Crippen molar-refractivity contribution in [1.29, 1.82) is 0 Å². The Morgan fingerprint density at radius 3 is 2.17 bits per heavy atom. The molecule has 0 unspecified atom stereocenters. The third-order valence-electron chi connectivity index (χ3n) is 7.29. The summed E-state index contributed by atoms with van der Waals surface area (Å²) >= 11 is 9.69. The first-order valence-corrected chi connectivity index (χ1v) is 16.2. The molecule has 3 aliphatic rings. The molecule has 0 aliphatic carbocycles. The third kappa shape index (κ3) is 8.26. The van der Waals surface area contributed by atoms with Gasteiger partial charge in [0.25, 0.3) is 0 Å². The second-order valence-corrected chi connectivity index (χ2v) is 12.1. The summed E-state index contributed by atoms with van der Waals surface area (Å²) in [6, 6.07) is 1.67. The van der Waals surface area contributed by atoms with Crippen molar-refractivity contribution in [3.05, 3.63) is 34.5 Å². The fourth-order valence-electron chi connectivity index (χ4n) is 5.55. The van der Waals surface area contributed by atoms with E-state index in [-0.39, 0.29) is 28.2 Å². The topological polar surface area (TPSA) is 71.0 Å². The van der Waals surface area contributed by atoms with Gasteiger partial charge in [-0.2, -0.15) is 9.97 Å². The van der Waals surface area contributed by atoms with Crippen LogP contribution in [0, 0.1) is 5.82 Å². The summed E-state index contributed by atoms with van der Waals surface area (Å²) < 4.78 is 27.5. The lowest BCUT2D eigenvalue weighted by Crippen LogP contribution is -2.50. The van der Waals surface area contributed by atoms with Crippen LogP contribution >= 0.6 is 27.5 Å². The fraction of sp³-hybridized carbons (Fsp3) is 0.645. The minimum Gasteiger partial charge on any atom is -0.461 e. The Morgan fingerprint density at radius 2 is 1.62 bits per heavy atom. The number of aromatic nitrogens is 2. The molecule has 2 aromatic rings. The number of piperazine rings is 1. The highest BCUT2D eigenvalue weighted by molar-refractivity contribution is 9.10. The van der Waals surface area contributed by atoms with Gasteiger partial charge in [0, 0.05) is 30.7 Å². The standard InChI is InChI=1S/C25H32BrClFN5O3.2C2H6.C2H4/c1-24(2,3)36-23(34)32-12-10-31(11-13-32)21-18-16(26)14-17(27)19(28)20(18)29-22(30-21)35-15-25-6-4-8-33(25)9-5-7-25;3*1-2/h14H,4-13,15H2,1-3H3;2*1-2H3;1-2H2. The summed E-state index contributed by atoms with van der Waals surface area (Å²) in [4.78, 5) is 28.0. The minimum atomic E-state index is -0.600. The smallest absolute Gasteiger partial charge is 0.410 e. The average molecular weight is 673 g/mol. The molecule has 3 fully saturated rings. The molecule has 0 spiro atoms. The van der Waals surface area contributed by atoms with Gasteiger partial charge >= 0.3 is 12.1 Å². The van der Waals surface area contributed by atoms with Crippen LogP contribution in [0.4, 0.5) is 15.0 Å². The van der Waals surface area contributed by atoms with Gasteiger partial charge in [-0.1, -0.05) is 39.3 Å². The van der Waals surface area contributed by atoms with E-state index in [1.807, 2.05) is 53.4 Å². The van der Waals surface area contributed by atoms with Crippen LogP contribution in [0.15, 0.2) is 23.7 Å². The molecule has 11 heteroatoms. The molecule has 0 saturated carbocycles. The van der Waals surface area contributed by atoms with Crippen molar-refractivity contribution in [2.24, 2.45) is 0 Å². The van der Waals surface area contributed by atoms with Gasteiger partial charge in [-0.25, -0.2) is 9.18 Å². The second-order valence-electron chi connectivity index (χ2n) is 10.9. The molecular weight excluding hydrogens is 625 g/mol. The molecule has 236 valence electrons. The third-order valence-corrected chi connectivity index (χ3v) is 8.19. The maximum absolute atomic E-state index is 15.2. The average Bonchev–Trinajstić information content (AvgIpc) is 3.57. The van der Waals surface area contributed by atoms with E-state index in [2.05, 4.69) is 39.0 Å². The lowest BCUT2D eigenvalue weighted by atomic mass is 9.95. The quantitative estimate of drug-likeness (QED) is 0.240. The van der Waals surface area contributed by atoms with Gasteiger partial charge in [-0.15, -0.1) is 13.2 Å². The molecule has 1 aromatic carbocycles. The number of benzene rings is 1. The summed E-state index contributed by atoms with van der Waals surface area (Å²) in [5.41, 5.74) is -0.417. The molecular formula is C31H48BrClFN5O3. The minimum absolute atomic E-state index is 0.0175. The second kappa shape index (κ2) is 16.1. The van der Waals surface area contributed by atoms with Crippen molar-refractivity contribution >= 4 is 50.3 Å². The molecule has 3 saturated heterocycles. The Labute approximate surface area is 264 Å². The summed E-state index contributed by atoms with van der Waals surface area (Å²) in [6.45, 7) is 24.2. The summed E-state index contributed by atoms with van der Waals surface area (Å²) in [6.07, 6.45) is 4.16. The number of anilines is 1. The maximum atomic E-state index is 15.2. The molecule has 0 atom stereocenters. The Hall–Kier alpha value is -2.17. The Balaban J connectivity index is 0.000000966. The van der Waals surface area contributed by atoms with E-state index in [1.165, 1.54) is 6.07 Å². The van der Waals surface area contributed by atoms with Crippen molar-refractivity contribution in [1.82, 2.24) is 19.8 Å². The number of ether oxygens (including phenoxy) is 2. The van der Waals surface area contributed by atoms with Crippen LogP contribution < -0.4 is 9.64 Å². The van der Waals surface area contributed by atoms with E-state index in [0.29, 0.717) is 48.5 Å². The number of rotatable bonds is 4. The lowest BCUT2D eigenvalue weighted by molar-refractivity contribution is 0.0240. The highest BCUT2D eigenvalue weighted by Crippen LogP contribution is 2.40. The zero-order chi connectivity index (χ0) is 31.7. The largest absolute Gasteiger partial charge is 0.461 e. The van der Waals surface area contributed by atoms with E-state index < -0.39 is 11.4 Å². The van der Waals surface area contributed by atoms with Crippen molar-refractivity contribution in [2.75, 3.05) is 50.8 Å². The van der Waals surface area contributed by atoms with Gasteiger partial charge in [-0.3, -0.25) is 4.90 Å². The molecule has 0 bridgehead atoms. The van der Waals surface area contributed by atoms with Crippen molar-refractivity contribution in [3.8, 4) is 6.01 Å². The van der Waals surface area contributed by atoms with Crippen LogP contribution in [0.2, 0.25) is 5.02 Å². The monoisotopic (exact) mass is 671 g/mol. The maximum Gasteiger partial charge on any atom is 0.410 e. The zero-order valence-electron chi connectivity index (χ0n) is 26.4. The lowest BCUT2D eigenvalue weighted by Gasteiger charge is -2.36. The predicted octanol–water partition coefficient (Wildman–Crippen LogP) is 8.10. The number of amides is 1. The molecule has 0 N–H and O–H groups in total. The fourth-order valence-corrected chi connectivity index (χ4v) is 6.47. The first kappa shape index (κ1) is 36.0. The highest BCUT2D eigenvalue weighted by atomic mass is 79.9. The van der Waals surface area contributed by atoms with E-state index in [9.17, 15) is 4.79 Å². The van der Waals surface area contributed by atoms with E-state index in [4.69, 9.17) is 26.1 Å². The van der Waals surface area contributed by atoms with Crippen LogP contribution in [-0.4, -0.2) is 82.9 Å². The van der Waals surface area contributed by atoms with E-state index in [0.717, 1.165) is 38.8 Å². The molecule has 8 nitrogen and oxygen atoms in total. The number of fused-ring (bicyclic) bond motifs is 2. The number of carbonyl (C=O) groups is 1. The molecule has 4 heterocycles. The molecule has 3 aliphatic heterocycles. The van der Waals surface area contributed by atoms with Crippen LogP contribution in [-0.2, 0) is 4.74 Å². The van der Waals surface area contributed by atoms with Gasteiger partial charge in [0.1, 0.15) is 23.5 Å². The van der Waals surface area contributed by atoms with Crippen LogP contribution in [0.5, 0.6) is 6.01 Å². The number of hydrogen-bond acceptors (Lipinski definition) is 7. The Bertz CT molecular complexity index is 1180.